The first-order valence-electron chi connectivity index (χ1n) is 41.3. The molecule has 90 heavy (non-hydrogen) atoms. The number of rotatable bonds is 78. The van der Waals surface area contributed by atoms with Crippen molar-refractivity contribution in [1.82, 2.24) is 5.32 Å². The quantitative estimate of drug-likeness (QED) is 0.0320. The molecule has 532 valence electrons. The Bertz CT molecular complexity index is 1460. The van der Waals surface area contributed by atoms with Crippen molar-refractivity contribution in [3.05, 3.63) is 36.5 Å². The number of aliphatic hydroxyl groups excluding tert-OH is 2. The van der Waals surface area contributed by atoms with Crippen LogP contribution in [-0.4, -0.2) is 47.4 Å². The summed E-state index contributed by atoms with van der Waals surface area (Å²) in [6.45, 7) is 4.96. The smallest absolute Gasteiger partial charge is 0.305 e. The molecule has 3 N–H and O–H groups in total. The molecule has 0 bridgehead atoms. The highest BCUT2D eigenvalue weighted by atomic mass is 16.5. The Morgan fingerprint density at radius 2 is 0.556 bits per heavy atom. The molecule has 6 heteroatoms. The largest absolute Gasteiger partial charge is 0.466 e. The molecule has 0 heterocycles. The van der Waals surface area contributed by atoms with Gasteiger partial charge in [0.25, 0.3) is 0 Å². The standard InChI is InChI=1S/C84H161NO5/c1-3-5-7-9-11-13-15-17-18-19-20-21-37-40-43-46-49-53-56-60-64-68-72-76-82(87)81(80-86)85-83(88)77-73-69-65-61-57-54-50-47-44-41-38-35-33-31-29-27-25-23-22-24-26-28-30-32-34-36-39-42-45-48-51-55-59-63-67-71-75-79-90-84(89)78-74-70-66-62-58-52-16-14-12-10-8-6-4-2/h22,24,28,30,72,76,81-82,86-87H,3-21,23,25-27,29,31-71,73-75,77-80H2,1-2H3,(H,85,88)/b24-22-,30-28-,76-72+. The zero-order valence-corrected chi connectivity index (χ0v) is 61.1. The number of aliphatic hydroxyl groups is 2. The summed E-state index contributed by atoms with van der Waals surface area (Å²) in [5.41, 5.74) is 0. The van der Waals surface area contributed by atoms with Crippen molar-refractivity contribution in [2.24, 2.45) is 0 Å². The van der Waals surface area contributed by atoms with Crippen LogP contribution in [0.4, 0.5) is 0 Å². The van der Waals surface area contributed by atoms with Crippen LogP contribution >= 0.6 is 0 Å². The predicted octanol–water partition coefficient (Wildman–Crippen LogP) is 27.4. The molecule has 0 radical (unpaired) electrons. The van der Waals surface area contributed by atoms with Gasteiger partial charge in [-0.1, -0.05) is 423 Å². The Morgan fingerprint density at radius 1 is 0.311 bits per heavy atom. The molecule has 0 saturated carbocycles. The Balaban J connectivity index is 3.38. The second-order valence-corrected chi connectivity index (χ2v) is 28.5. The monoisotopic (exact) mass is 1260 g/mol. The number of unbranched alkanes of at least 4 members (excludes halogenated alkanes) is 63. The summed E-state index contributed by atoms with van der Waals surface area (Å²) in [6.07, 6.45) is 104. The first-order chi connectivity index (χ1) is 44.5. The van der Waals surface area contributed by atoms with E-state index in [2.05, 4.69) is 43.5 Å². The summed E-state index contributed by atoms with van der Waals surface area (Å²) in [7, 11) is 0. The van der Waals surface area contributed by atoms with Gasteiger partial charge in [-0.15, -0.1) is 0 Å². The molecule has 2 atom stereocenters. The fourth-order valence-corrected chi connectivity index (χ4v) is 13.1. The molecule has 1 amide bonds. The van der Waals surface area contributed by atoms with Gasteiger partial charge in [0, 0.05) is 12.8 Å². The normalized spacial score (nSPS) is 12.6. The predicted molar refractivity (Wildman–Crippen MR) is 398 cm³/mol. The maximum atomic E-state index is 12.6. The first kappa shape index (κ1) is 88.1. The van der Waals surface area contributed by atoms with E-state index in [1.807, 2.05) is 6.08 Å². The summed E-state index contributed by atoms with van der Waals surface area (Å²) in [4.78, 5) is 24.6. The van der Waals surface area contributed by atoms with Crippen molar-refractivity contribution in [1.29, 1.82) is 0 Å². The molecule has 0 fully saturated rings. The number of esters is 1. The van der Waals surface area contributed by atoms with E-state index in [0.717, 1.165) is 44.9 Å². The van der Waals surface area contributed by atoms with E-state index in [4.69, 9.17) is 4.74 Å². The Labute approximate surface area is 564 Å². The average Bonchev–Trinajstić information content (AvgIpc) is 3.67. The third-order valence-corrected chi connectivity index (χ3v) is 19.4. The molecule has 0 spiro atoms. The van der Waals surface area contributed by atoms with E-state index in [-0.39, 0.29) is 18.5 Å². The summed E-state index contributed by atoms with van der Waals surface area (Å²) >= 11 is 0. The molecular weight excluding hydrogens is 1100 g/mol. The number of carbonyl (C=O) groups is 2. The zero-order valence-electron chi connectivity index (χ0n) is 61.1. The van der Waals surface area contributed by atoms with E-state index in [1.54, 1.807) is 6.08 Å². The van der Waals surface area contributed by atoms with Crippen molar-refractivity contribution in [2.45, 2.75) is 475 Å². The number of nitrogens with one attached hydrogen (secondary N) is 1. The molecule has 0 aromatic heterocycles. The number of ether oxygens (including phenoxy) is 1. The van der Waals surface area contributed by atoms with Gasteiger partial charge >= 0.3 is 5.97 Å². The van der Waals surface area contributed by atoms with E-state index in [1.165, 1.54) is 392 Å². The lowest BCUT2D eigenvalue weighted by molar-refractivity contribution is -0.143. The Kier molecular flexibility index (Phi) is 77.8. The lowest BCUT2D eigenvalue weighted by Gasteiger charge is -2.20. The van der Waals surface area contributed by atoms with Crippen molar-refractivity contribution >= 4 is 11.9 Å². The van der Waals surface area contributed by atoms with Crippen LogP contribution in [0.3, 0.4) is 0 Å². The van der Waals surface area contributed by atoms with E-state index in [9.17, 15) is 19.8 Å². The van der Waals surface area contributed by atoms with Gasteiger partial charge in [0.05, 0.1) is 25.4 Å². The van der Waals surface area contributed by atoms with Crippen molar-refractivity contribution < 1.29 is 24.5 Å². The van der Waals surface area contributed by atoms with Crippen LogP contribution in [0.5, 0.6) is 0 Å². The molecule has 0 rings (SSSR count). The maximum absolute atomic E-state index is 12.6. The van der Waals surface area contributed by atoms with Gasteiger partial charge in [-0.05, 0) is 64.2 Å². The lowest BCUT2D eigenvalue weighted by atomic mass is 10.0. The molecule has 2 unspecified atom stereocenters. The highest BCUT2D eigenvalue weighted by molar-refractivity contribution is 5.76. The van der Waals surface area contributed by atoms with Gasteiger partial charge < -0.3 is 20.3 Å². The van der Waals surface area contributed by atoms with Gasteiger partial charge in [0.1, 0.15) is 0 Å². The minimum absolute atomic E-state index is 0.0209. The SMILES string of the molecule is CCCCCCCCCCCCCCCCCCCCCCC/C=C/C(O)C(CO)NC(=O)CCCCCCCCCCCCCCCCCCC/C=C\C/C=C\CCCCCCCCCCCCCCCOC(=O)CCCCCCCCCCCCCCC. The van der Waals surface area contributed by atoms with Crippen molar-refractivity contribution in [3.8, 4) is 0 Å². The zero-order chi connectivity index (χ0) is 64.9. The molecule has 0 aromatic carbocycles. The molecule has 0 aliphatic rings. The van der Waals surface area contributed by atoms with Crippen LogP contribution in [0.2, 0.25) is 0 Å². The van der Waals surface area contributed by atoms with Crippen LogP contribution in [0.25, 0.3) is 0 Å². The van der Waals surface area contributed by atoms with Crippen LogP contribution in [-0.2, 0) is 14.3 Å². The van der Waals surface area contributed by atoms with E-state index >= 15 is 0 Å². The van der Waals surface area contributed by atoms with Gasteiger partial charge in [-0.2, -0.15) is 0 Å². The van der Waals surface area contributed by atoms with E-state index < -0.39 is 12.1 Å². The Hall–Kier alpha value is -1.92. The van der Waals surface area contributed by atoms with Crippen LogP contribution in [0, 0.1) is 0 Å². The van der Waals surface area contributed by atoms with Crippen LogP contribution < -0.4 is 5.32 Å². The molecule has 6 nitrogen and oxygen atoms in total. The third kappa shape index (κ3) is 75.1. The maximum Gasteiger partial charge on any atom is 0.305 e. The molecule has 0 aliphatic carbocycles. The number of amides is 1. The fraction of sp³-hybridized carbons (Fsp3) is 0.905. The summed E-state index contributed by atoms with van der Waals surface area (Å²) in [6, 6.07) is -0.627. The fourth-order valence-electron chi connectivity index (χ4n) is 13.1. The van der Waals surface area contributed by atoms with Crippen LogP contribution in [0.1, 0.15) is 463 Å². The number of allylic oxidation sites excluding steroid dienone is 5. The number of hydrogen-bond donors (Lipinski definition) is 3. The number of carbonyl (C=O) groups excluding carboxylic acids is 2. The minimum Gasteiger partial charge on any atom is -0.466 e. The van der Waals surface area contributed by atoms with Crippen molar-refractivity contribution in [3.63, 3.8) is 0 Å². The molecule has 0 aliphatic heterocycles. The first-order valence-corrected chi connectivity index (χ1v) is 41.3. The second-order valence-electron chi connectivity index (χ2n) is 28.5. The Morgan fingerprint density at radius 3 is 0.844 bits per heavy atom. The lowest BCUT2D eigenvalue weighted by Crippen LogP contribution is -2.45. The van der Waals surface area contributed by atoms with Gasteiger partial charge in [-0.25, -0.2) is 0 Å². The average molecular weight is 1270 g/mol. The van der Waals surface area contributed by atoms with E-state index in [0.29, 0.717) is 19.4 Å². The summed E-state index contributed by atoms with van der Waals surface area (Å²) in [5, 5.41) is 23.3. The highest BCUT2D eigenvalue weighted by Crippen LogP contribution is 2.20. The third-order valence-electron chi connectivity index (χ3n) is 19.4. The molecular formula is C84H161NO5. The topological polar surface area (TPSA) is 95.9 Å². The van der Waals surface area contributed by atoms with Gasteiger partial charge in [0.2, 0.25) is 5.91 Å². The molecule has 0 aromatic rings. The molecule has 0 saturated heterocycles. The summed E-state index contributed by atoms with van der Waals surface area (Å²) < 4.78 is 5.49. The van der Waals surface area contributed by atoms with Crippen molar-refractivity contribution in [2.75, 3.05) is 13.2 Å². The van der Waals surface area contributed by atoms with Gasteiger partial charge in [-0.3, -0.25) is 9.59 Å². The minimum atomic E-state index is -0.844. The number of hydrogen-bond acceptors (Lipinski definition) is 5. The van der Waals surface area contributed by atoms with Crippen LogP contribution in [0.15, 0.2) is 36.5 Å². The second kappa shape index (κ2) is 79.5. The summed E-state index contributed by atoms with van der Waals surface area (Å²) in [5.74, 6) is -0.0393. The highest BCUT2D eigenvalue weighted by Gasteiger charge is 2.18. The van der Waals surface area contributed by atoms with Gasteiger partial charge in [0.15, 0.2) is 0 Å².